The number of nitrogens with two attached hydrogens (primary N) is 1. The fraction of sp³-hybridized carbons (Fsp3) is 0.500. The van der Waals surface area contributed by atoms with E-state index in [2.05, 4.69) is 0 Å². The van der Waals surface area contributed by atoms with Gasteiger partial charge in [0.15, 0.2) is 9.84 Å². The van der Waals surface area contributed by atoms with Crippen molar-refractivity contribution >= 4 is 15.5 Å². The molecule has 5 heteroatoms. The molecule has 4 nitrogen and oxygen atoms in total. The highest BCUT2D eigenvalue weighted by Crippen LogP contribution is 2.17. The summed E-state index contributed by atoms with van der Waals surface area (Å²) in [6.45, 7) is 5.21. The second-order valence-corrected chi connectivity index (χ2v) is 7.71. The van der Waals surface area contributed by atoms with Crippen molar-refractivity contribution in [3.05, 3.63) is 24.3 Å². The SMILES string of the molecule is CC(C)(C)S(=O)(=O)CCOc1ccc(N)cc1. The van der Waals surface area contributed by atoms with Crippen LogP contribution in [0.25, 0.3) is 0 Å². The van der Waals surface area contributed by atoms with Crippen molar-refractivity contribution < 1.29 is 13.2 Å². The van der Waals surface area contributed by atoms with Crippen LogP contribution < -0.4 is 10.5 Å². The average Bonchev–Trinajstić information content (AvgIpc) is 2.19. The van der Waals surface area contributed by atoms with Gasteiger partial charge in [-0.25, -0.2) is 8.42 Å². The van der Waals surface area contributed by atoms with Gasteiger partial charge in [-0.05, 0) is 45.0 Å². The summed E-state index contributed by atoms with van der Waals surface area (Å²) in [5.74, 6) is 0.643. The molecular formula is C12H19NO3S. The largest absolute Gasteiger partial charge is 0.493 e. The number of benzene rings is 1. The van der Waals surface area contributed by atoms with Crippen molar-refractivity contribution in [3.63, 3.8) is 0 Å². The predicted molar refractivity (Wildman–Crippen MR) is 69.9 cm³/mol. The highest BCUT2D eigenvalue weighted by atomic mass is 32.2. The van der Waals surface area contributed by atoms with Gasteiger partial charge in [0.05, 0.1) is 10.5 Å². The van der Waals surface area contributed by atoms with E-state index in [1.54, 1.807) is 45.0 Å². The Morgan fingerprint density at radius 2 is 1.71 bits per heavy atom. The van der Waals surface area contributed by atoms with Crippen LogP contribution in [-0.2, 0) is 9.84 Å². The maximum atomic E-state index is 11.8. The van der Waals surface area contributed by atoms with Crippen LogP contribution in [0.15, 0.2) is 24.3 Å². The van der Waals surface area contributed by atoms with Gasteiger partial charge in [-0.15, -0.1) is 0 Å². The third-order valence-electron chi connectivity index (χ3n) is 2.43. The number of sulfone groups is 1. The van der Waals surface area contributed by atoms with E-state index in [4.69, 9.17) is 10.5 Å². The van der Waals surface area contributed by atoms with Gasteiger partial charge in [0.2, 0.25) is 0 Å². The third-order valence-corrected chi connectivity index (χ3v) is 5.00. The number of anilines is 1. The Kier molecular flexibility index (Phi) is 4.03. The van der Waals surface area contributed by atoms with Crippen LogP contribution in [0.4, 0.5) is 5.69 Å². The van der Waals surface area contributed by atoms with Crippen LogP contribution in [0.2, 0.25) is 0 Å². The second kappa shape index (κ2) is 4.96. The first kappa shape index (κ1) is 13.8. The lowest BCUT2D eigenvalue weighted by molar-refractivity contribution is 0.340. The molecule has 1 aromatic carbocycles. The van der Waals surface area contributed by atoms with Gasteiger partial charge in [0.25, 0.3) is 0 Å². The van der Waals surface area contributed by atoms with E-state index in [0.717, 1.165) is 0 Å². The summed E-state index contributed by atoms with van der Waals surface area (Å²) in [4.78, 5) is 0. The average molecular weight is 257 g/mol. The lowest BCUT2D eigenvalue weighted by atomic mass is 10.3. The molecule has 0 aliphatic rings. The molecule has 1 rings (SSSR count). The lowest BCUT2D eigenvalue weighted by Crippen LogP contribution is -2.32. The first-order valence-corrected chi connectivity index (χ1v) is 7.08. The molecule has 0 saturated carbocycles. The van der Waals surface area contributed by atoms with Crippen molar-refractivity contribution in [2.75, 3.05) is 18.1 Å². The molecule has 0 aliphatic heterocycles. The van der Waals surface area contributed by atoms with Crippen molar-refractivity contribution in [1.82, 2.24) is 0 Å². The van der Waals surface area contributed by atoms with Crippen molar-refractivity contribution in [1.29, 1.82) is 0 Å². The number of nitrogen functional groups attached to an aromatic ring is 1. The van der Waals surface area contributed by atoms with Gasteiger partial charge in [-0.2, -0.15) is 0 Å². The van der Waals surface area contributed by atoms with Gasteiger partial charge in [0.1, 0.15) is 12.4 Å². The van der Waals surface area contributed by atoms with E-state index >= 15 is 0 Å². The van der Waals surface area contributed by atoms with Crippen LogP contribution in [0, 0.1) is 0 Å². The van der Waals surface area contributed by atoms with Crippen LogP contribution in [0.1, 0.15) is 20.8 Å². The number of hydrogen-bond donors (Lipinski definition) is 1. The maximum absolute atomic E-state index is 11.8. The predicted octanol–water partition coefficient (Wildman–Crippen LogP) is 1.86. The summed E-state index contributed by atoms with van der Waals surface area (Å²) in [7, 11) is -3.13. The smallest absolute Gasteiger partial charge is 0.158 e. The summed E-state index contributed by atoms with van der Waals surface area (Å²) >= 11 is 0. The van der Waals surface area contributed by atoms with Gasteiger partial charge in [-0.3, -0.25) is 0 Å². The Bertz CT molecular complexity index is 458. The van der Waals surface area contributed by atoms with Gasteiger partial charge in [-0.1, -0.05) is 0 Å². The molecule has 0 atom stereocenters. The van der Waals surface area contributed by atoms with Crippen molar-refractivity contribution in [2.45, 2.75) is 25.5 Å². The molecule has 0 aliphatic carbocycles. The standard InChI is InChI=1S/C12H19NO3S/c1-12(2,3)17(14,15)9-8-16-11-6-4-10(13)5-7-11/h4-7H,8-9,13H2,1-3H3. The topological polar surface area (TPSA) is 69.4 Å². The molecule has 0 unspecified atom stereocenters. The van der Waals surface area contributed by atoms with Gasteiger partial charge < -0.3 is 10.5 Å². The third kappa shape index (κ3) is 3.93. The Balaban J connectivity index is 2.52. The minimum Gasteiger partial charge on any atom is -0.493 e. The molecular weight excluding hydrogens is 238 g/mol. The first-order chi connectivity index (χ1) is 7.72. The quantitative estimate of drug-likeness (QED) is 0.836. The number of ether oxygens (including phenoxy) is 1. The maximum Gasteiger partial charge on any atom is 0.158 e. The van der Waals surface area contributed by atoms with Crippen LogP contribution in [-0.4, -0.2) is 25.5 Å². The molecule has 0 radical (unpaired) electrons. The zero-order chi connectivity index (χ0) is 13.1. The summed E-state index contributed by atoms with van der Waals surface area (Å²) in [6, 6.07) is 6.87. The summed E-state index contributed by atoms with van der Waals surface area (Å²) in [6.07, 6.45) is 0. The van der Waals surface area contributed by atoms with E-state index < -0.39 is 14.6 Å². The molecule has 0 saturated heterocycles. The molecule has 0 aromatic heterocycles. The Morgan fingerprint density at radius 1 is 1.18 bits per heavy atom. The van der Waals surface area contributed by atoms with E-state index in [-0.39, 0.29) is 12.4 Å². The molecule has 1 aromatic rings. The molecule has 96 valence electrons. The summed E-state index contributed by atoms with van der Waals surface area (Å²) in [5.41, 5.74) is 6.18. The highest BCUT2D eigenvalue weighted by molar-refractivity contribution is 7.92. The molecule has 0 amide bonds. The lowest BCUT2D eigenvalue weighted by Gasteiger charge is -2.19. The minimum atomic E-state index is -3.13. The van der Waals surface area contributed by atoms with E-state index in [0.29, 0.717) is 11.4 Å². The molecule has 17 heavy (non-hydrogen) atoms. The van der Waals surface area contributed by atoms with Crippen LogP contribution in [0.5, 0.6) is 5.75 Å². The minimum absolute atomic E-state index is 0.0148. The van der Waals surface area contributed by atoms with Crippen LogP contribution in [0.3, 0.4) is 0 Å². The fourth-order valence-corrected chi connectivity index (χ4v) is 2.05. The number of rotatable bonds is 4. The zero-order valence-corrected chi connectivity index (χ0v) is 11.3. The van der Waals surface area contributed by atoms with Crippen molar-refractivity contribution in [2.24, 2.45) is 0 Å². The molecule has 2 N–H and O–H groups in total. The molecule has 0 spiro atoms. The Morgan fingerprint density at radius 3 is 2.18 bits per heavy atom. The van der Waals surface area contributed by atoms with E-state index in [9.17, 15) is 8.42 Å². The Hall–Kier alpha value is -1.23. The first-order valence-electron chi connectivity index (χ1n) is 5.43. The fourth-order valence-electron chi connectivity index (χ4n) is 1.14. The molecule has 0 fully saturated rings. The molecule has 0 bridgehead atoms. The Labute approximate surface area is 103 Å². The monoisotopic (exact) mass is 257 g/mol. The summed E-state index contributed by atoms with van der Waals surface area (Å²) in [5, 5.41) is 0. The highest BCUT2D eigenvalue weighted by Gasteiger charge is 2.28. The van der Waals surface area contributed by atoms with Gasteiger partial charge in [0, 0.05) is 5.69 Å². The summed E-state index contributed by atoms with van der Waals surface area (Å²) < 4.78 is 28.2. The van der Waals surface area contributed by atoms with Crippen LogP contribution >= 0.6 is 0 Å². The second-order valence-electron chi connectivity index (χ2n) is 4.85. The zero-order valence-electron chi connectivity index (χ0n) is 10.4. The van der Waals surface area contributed by atoms with Crippen molar-refractivity contribution in [3.8, 4) is 5.75 Å². The van der Waals surface area contributed by atoms with E-state index in [1.165, 1.54) is 0 Å². The molecule has 0 heterocycles. The normalized spacial score (nSPS) is 12.4. The number of hydrogen-bond acceptors (Lipinski definition) is 4. The van der Waals surface area contributed by atoms with Gasteiger partial charge >= 0.3 is 0 Å². The van der Waals surface area contributed by atoms with E-state index in [1.807, 2.05) is 0 Å².